The third-order valence-corrected chi connectivity index (χ3v) is 24.0. The van der Waals surface area contributed by atoms with Crippen LogP contribution in [0.3, 0.4) is 0 Å². The Morgan fingerprint density at radius 3 is 1.66 bits per heavy atom. The zero-order chi connectivity index (χ0) is 94.7. The van der Waals surface area contributed by atoms with E-state index in [1.165, 1.54) is 30.3 Å². The van der Waals surface area contributed by atoms with Gasteiger partial charge in [-0.15, -0.1) is 0 Å². The van der Waals surface area contributed by atoms with Gasteiger partial charge in [-0.05, 0) is 119 Å². The van der Waals surface area contributed by atoms with E-state index in [2.05, 4.69) is 49.5 Å². The zero-order valence-corrected chi connectivity index (χ0v) is 71.6. The van der Waals surface area contributed by atoms with Crippen LogP contribution in [0.25, 0.3) is 11.1 Å². The number of aliphatic hydroxyl groups is 10. The number of nitrogens with one attached hydrogen (secondary N) is 8. The first kappa shape index (κ1) is 96.0. The number of halogens is 2. The number of carbonyl (C=O) groups is 9. The highest BCUT2D eigenvalue weighted by atomic mass is 35.5. The topological polar surface area (TPSA) is 662 Å². The molecular weight excluding hydrogens is 1780 g/mol. The summed E-state index contributed by atoms with van der Waals surface area (Å²) in [6, 6.07) is 0.681. The number of fused-ring (bicyclic) bond motifs is 14. The van der Waals surface area contributed by atoms with Gasteiger partial charge in [0.1, 0.15) is 156 Å². The number of nitrogens with two attached hydrogens (primary N) is 1. The number of ether oxygens (including phenoxy) is 9. The second-order valence-corrected chi connectivity index (χ2v) is 33.5. The molecule has 706 valence electrons. The number of carboxylic acids is 1. The standard InChI is InChI=1S/C88H97Cl2N9O33/c1-3-4-5-6-7-8-9-10-60(108)94-68-74(113)71(110)58(32-101)129-87(68)132-78-55-26-40-27-56(78)126-52-18-14-38(24-47(52)90)77(131-86-67(92-34(2)103)73(112)70(109)57(31-100)128-86)69-84(121)98-66(85(122)123)45-29-42(105)30-54(127-88-76(115)75(114)72(111)59(33-102)130-88)61(45)44-23-37(13-15-49(44)106)63(81(118)99-69)96-83(120)65(40)97-82(119)64-39-21-41(104)28-43(22-39)124-53-25-36(12-16-50(53)107)62(91)80(117)93-48(79(116)95-64)20-35-11-17-51(125-55)46(89)19-35/h11-19,21-30,48,57-59,62-77,86-88,100-102,104-107,109-115H,3-10,20,31-33,91H2,1-2H3,(H,92,103)(H,93,117)(H,94,108)(H,95,116)(H,96,120)(H,97,119)(H,98,121)(H,99,118)(H,122,123)/t48-,57+,58+,59+,62+,63+,64-,65?,66+,67+,68+,69-,70+,71+,72+,73+,74+,75-,76-,77+,86-,87-,88-/m0/s1. The molecule has 3 saturated heterocycles. The molecule has 0 radical (unpaired) electrons. The molecule has 9 heterocycles. The molecule has 7 aromatic carbocycles. The fourth-order valence-corrected chi connectivity index (χ4v) is 17.0. The number of hydrogen-bond acceptors (Lipinski definition) is 33. The molecule has 23 atom stereocenters. The number of phenols is 4. The minimum absolute atomic E-state index is 0.0272. The Hall–Kier alpha value is -12.1. The number of unbranched alkanes of at least 4 members (excludes halogenated alkanes) is 6. The molecule has 25 N–H and O–H groups in total. The van der Waals surface area contributed by atoms with Gasteiger partial charge in [-0.3, -0.25) is 38.4 Å². The predicted molar refractivity (Wildman–Crippen MR) is 453 cm³/mol. The first-order valence-electron chi connectivity index (χ1n) is 42.1. The molecule has 0 aliphatic carbocycles. The lowest BCUT2D eigenvalue weighted by Crippen LogP contribution is -2.65. The van der Waals surface area contributed by atoms with E-state index in [1.54, 1.807) is 0 Å². The Morgan fingerprint density at radius 1 is 0.485 bits per heavy atom. The van der Waals surface area contributed by atoms with Crippen LogP contribution < -0.4 is 72.0 Å². The van der Waals surface area contributed by atoms with Gasteiger partial charge in [-0.2, -0.15) is 0 Å². The van der Waals surface area contributed by atoms with Crippen molar-refractivity contribution in [2.75, 3.05) is 19.8 Å². The minimum atomic E-state index is -2.59. The van der Waals surface area contributed by atoms with Crippen molar-refractivity contribution < 1.29 is 162 Å². The molecule has 44 heteroatoms. The molecule has 42 nitrogen and oxygen atoms in total. The third-order valence-electron chi connectivity index (χ3n) is 23.5. The van der Waals surface area contributed by atoms with Gasteiger partial charge in [0, 0.05) is 48.6 Å². The maximum absolute atomic E-state index is 17.0. The van der Waals surface area contributed by atoms with Crippen molar-refractivity contribution in [1.82, 2.24) is 42.5 Å². The highest BCUT2D eigenvalue weighted by Gasteiger charge is 2.52. The number of rotatable bonds is 20. The predicted octanol–water partition coefficient (Wildman–Crippen LogP) is 1.16. The largest absolute Gasteiger partial charge is 0.508 e. The number of aromatic hydroxyl groups is 4. The summed E-state index contributed by atoms with van der Waals surface area (Å²) in [5.74, 6) is -19.5. The van der Waals surface area contributed by atoms with E-state index < -0.39 is 316 Å². The first-order valence-corrected chi connectivity index (χ1v) is 42.9. The van der Waals surface area contributed by atoms with Crippen LogP contribution in [-0.4, -0.2) is 254 Å². The summed E-state index contributed by atoms with van der Waals surface area (Å²) in [5, 5.41) is 190. The van der Waals surface area contributed by atoms with Gasteiger partial charge in [0.05, 0.1) is 29.9 Å². The lowest BCUT2D eigenvalue weighted by molar-refractivity contribution is -0.284. The Bertz CT molecular complexity index is 5540. The summed E-state index contributed by atoms with van der Waals surface area (Å²) in [7, 11) is 0. The number of aliphatic hydroxyl groups excluding tert-OH is 10. The van der Waals surface area contributed by atoms with E-state index in [0.29, 0.717) is 12.8 Å². The van der Waals surface area contributed by atoms with Crippen LogP contribution in [0.4, 0.5) is 0 Å². The Morgan fingerprint density at radius 2 is 1.03 bits per heavy atom. The molecule has 9 aliphatic heterocycles. The maximum Gasteiger partial charge on any atom is 0.330 e. The van der Waals surface area contributed by atoms with Crippen LogP contribution >= 0.6 is 23.2 Å². The van der Waals surface area contributed by atoms with Crippen molar-refractivity contribution >= 4 is 76.4 Å². The smallest absolute Gasteiger partial charge is 0.330 e. The van der Waals surface area contributed by atoms with Crippen LogP contribution in [-0.2, 0) is 68.5 Å². The van der Waals surface area contributed by atoms with Gasteiger partial charge >= 0.3 is 5.97 Å². The molecule has 9 aliphatic rings. The Labute approximate surface area is 759 Å². The summed E-state index contributed by atoms with van der Waals surface area (Å²) < 4.78 is 57.5. The highest BCUT2D eigenvalue weighted by molar-refractivity contribution is 6.32. The number of carboxylic acid groups (broad SMARTS) is 1. The zero-order valence-electron chi connectivity index (χ0n) is 70.1. The number of amides is 8. The second kappa shape index (κ2) is 41.0. The molecule has 132 heavy (non-hydrogen) atoms. The van der Waals surface area contributed by atoms with Crippen LogP contribution in [0, 0.1) is 0 Å². The molecule has 16 rings (SSSR count). The van der Waals surface area contributed by atoms with Crippen molar-refractivity contribution in [3.8, 4) is 80.1 Å². The van der Waals surface area contributed by atoms with E-state index in [9.17, 15) is 95.8 Å². The monoisotopic (exact) mass is 1880 g/mol. The van der Waals surface area contributed by atoms with Crippen LogP contribution in [0.15, 0.2) is 115 Å². The molecule has 0 saturated carbocycles. The molecule has 0 aromatic heterocycles. The van der Waals surface area contributed by atoms with Gasteiger partial charge in [-0.1, -0.05) is 92.9 Å². The third kappa shape index (κ3) is 20.7. The lowest BCUT2D eigenvalue weighted by Gasteiger charge is -2.44. The van der Waals surface area contributed by atoms with Crippen molar-refractivity contribution in [3.05, 3.63) is 164 Å². The van der Waals surface area contributed by atoms with Gasteiger partial charge < -0.3 is 167 Å². The molecule has 8 amide bonds. The quantitative estimate of drug-likeness (QED) is 0.0476. The summed E-state index contributed by atoms with van der Waals surface area (Å²) in [5.41, 5.74) is 2.79. The SMILES string of the molecule is CCCCCCCCCC(=O)N[C@H]1[C@H](Oc2c3cc4cc2Oc2ccc(cc2Cl)[C@@H](O[C@@H]2O[C@H](CO)[C@@H](O)[C@H](O)[C@H]2NC(C)=O)[C@@H]2NC(=O)[C@H](NC(=O)C4NC(=O)[C@H]4NC(=O)[C@H](Cc5ccc(c(Cl)c5)O3)NC(=O)[C@H](N)c3ccc(O)c(c3)Oc3cc(O)cc4c3)c3ccc(O)c(c3)-c3c(O[C@H]4O[C@H](CO)[C@@H](O)[C@H](O)[C@@H]4O)cc(O)cc3[C@H](C(=O)O)NC2=O)O[C@H](CO)[C@@H](O)[C@@H]1O. The van der Waals surface area contributed by atoms with Crippen molar-refractivity contribution in [1.29, 1.82) is 0 Å². The second-order valence-electron chi connectivity index (χ2n) is 32.7. The van der Waals surface area contributed by atoms with E-state index in [-0.39, 0.29) is 39.8 Å². The first-order chi connectivity index (χ1) is 63.0. The summed E-state index contributed by atoms with van der Waals surface area (Å²) in [6.07, 6.45) is -23.8. The van der Waals surface area contributed by atoms with Crippen molar-refractivity contribution in [2.45, 2.75) is 212 Å². The highest BCUT2D eigenvalue weighted by Crippen LogP contribution is 2.51. The fourth-order valence-electron chi connectivity index (χ4n) is 16.5. The maximum atomic E-state index is 17.0. The fraction of sp³-hybridized carbons (Fsp3) is 0.420. The number of aliphatic carboxylic acids is 1. The van der Waals surface area contributed by atoms with E-state index in [1.807, 2.05) is 0 Å². The van der Waals surface area contributed by atoms with Gasteiger partial charge in [-0.25, -0.2) is 4.79 Å². The molecule has 1 unspecified atom stereocenters. The van der Waals surface area contributed by atoms with Crippen molar-refractivity contribution in [3.63, 3.8) is 0 Å². The van der Waals surface area contributed by atoms with E-state index in [4.69, 9.17) is 71.6 Å². The number of carbonyl (C=O) groups excluding carboxylic acids is 8. The van der Waals surface area contributed by atoms with Crippen LogP contribution in [0.2, 0.25) is 10.0 Å². The van der Waals surface area contributed by atoms with Gasteiger partial charge in [0.15, 0.2) is 35.3 Å². The summed E-state index contributed by atoms with van der Waals surface area (Å²) >= 11 is 14.7. The number of phenolic OH excluding ortho intramolecular Hbond substituents is 4. The average molecular weight is 1880 g/mol. The van der Waals surface area contributed by atoms with Crippen LogP contribution in [0.5, 0.6) is 69.0 Å². The van der Waals surface area contributed by atoms with Gasteiger partial charge in [0.25, 0.3) is 0 Å². The molecule has 17 bridgehead atoms. The lowest BCUT2D eigenvalue weighted by atomic mass is 9.89. The Balaban J connectivity index is 1.04. The number of benzene rings is 7. The molecular formula is C88H97Cl2N9O33. The Kier molecular flexibility index (Phi) is 29.8. The van der Waals surface area contributed by atoms with E-state index in [0.717, 1.165) is 124 Å². The normalized spacial score (nSPS) is 28.9. The average Bonchev–Trinajstić information content (AvgIpc) is 0.757. The van der Waals surface area contributed by atoms with Crippen molar-refractivity contribution in [2.24, 2.45) is 5.73 Å². The molecule has 0 spiro atoms. The van der Waals surface area contributed by atoms with Crippen LogP contribution in [0.1, 0.15) is 140 Å². The van der Waals surface area contributed by atoms with Gasteiger partial charge in [0.2, 0.25) is 65.6 Å². The van der Waals surface area contributed by atoms with E-state index >= 15 is 24.0 Å². The summed E-state index contributed by atoms with van der Waals surface area (Å²) in [6.45, 7) is -0.110. The minimum Gasteiger partial charge on any atom is -0.508 e. The molecule has 3 fully saturated rings. The summed E-state index contributed by atoms with van der Waals surface area (Å²) in [4.78, 5) is 138. The molecule has 7 aromatic rings. The number of hydrogen-bond donors (Lipinski definition) is 24.